The summed E-state index contributed by atoms with van der Waals surface area (Å²) in [4.78, 5) is 14.9. The molecule has 0 amide bonds. The third-order valence-corrected chi connectivity index (χ3v) is 3.30. The van der Waals surface area contributed by atoms with Crippen LogP contribution in [0.15, 0.2) is 18.3 Å². The Bertz CT molecular complexity index is 622. The molecule has 2 heterocycles. The van der Waals surface area contributed by atoms with Crippen molar-refractivity contribution in [1.82, 2.24) is 14.8 Å². The van der Waals surface area contributed by atoms with E-state index in [1.807, 2.05) is 19.9 Å². The molecule has 0 N–H and O–H groups in total. The maximum Gasteiger partial charge on any atom is 0.313 e. The van der Waals surface area contributed by atoms with E-state index in [2.05, 4.69) is 10.1 Å². The number of nitro groups is 1. The van der Waals surface area contributed by atoms with Gasteiger partial charge in [0.1, 0.15) is 16.5 Å². The summed E-state index contributed by atoms with van der Waals surface area (Å²) in [5, 5.41) is 16.0. The molecule has 106 valence electrons. The molecule has 0 spiro atoms. The van der Waals surface area contributed by atoms with Crippen molar-refractivity contribution in [3.63, 3.8) is 0 Å². The second kappa shape index (κ2) is 6.00. The molecule has 0 fully saturated rings. The van der Waals surface area contributed by atoms with Gasteiger partial charge in [0.15, 0.2) is 0 Å². The number of aromatic nitrogens is 3. The van der Waals surface area contributed by atoms with Crippen LogP contribution in [-0.4, -0.2) is 19.7 Å². The Balaban J connectivity index is 2.41. The Hall–Kier alpha value is -1.95. The molecule has 2 rings (SSSR count). The molecule has 0 aromatic carbocycles. The van der Waals surface area contributed by atoms with Crippen LogP contribution in [0.1, 0.15) is 30.8 Å². The van der Waals surface area contributed by atoms with Crippen LogP contribution >= 0.6 is 11.6 Å². The van der Waals surface area contributed by atoms with Crippen molar-refractivity contribution in [3.05, 3.63) is 50.5 Å². The quantitative estimate of drug-likeness (QED) is 0.482. The van der Waals surface area contributed by atoms with Gasteiger partial charge in [-0.15, -0.1) is 0 Å². The molecule has 6 nitrogen and oxygen atoms in total. The lowest BCUT2D eigenvalue weighted by Gasteiger charge is -2.05. The Kier molecular flexibility index (Phi) is 4.34. The van der Waals surface area contributed by atoms with Crippen molar-refractivity contribution < 1.29 is 4.92 Å². The first-order valence-corrected chi connectivity index (χ1v) is 6.78. The van der Waals surface area contributed by atoms with Crippen molar-refractivity contribution in [3.8, 4) is 0 Å². The van der Waals surface area contributed by atoms with Gasteiger partial charge < -0.3 is 0 Å². The molecule has 0 aliphatic heterocycles. The molecule has 0 unspecified atom stereocenters. The van der Waals surface area contributed by atoms with Crippen molar-refractivity contribution in [2.45, 2.75) is 33.2 Å². The number of pyridine rings is 1. The molecular weight excluding hydrogens is 280 g/mol. The van der Waals surface area contributed by atoms with Gasteiger partial charge in [0.05, 0.1) is 11.5 Å². The number of halogens is 1. The third kappa shape index (κ3) is 2.80. The van der Waals surface area contributed by atoms with E-state index in [0.717, 1.165) is 5.56 Å². The molecule has 0 bridgehead atoms. The highest BCUT2D eigenvalue weighted by atomic mass is 35.5. The Morgan fingerprint density at radius 1 is 1.35 bits per heavy atom. The summed E-state index contributed by atoms with van der Waals surface area (Å²) in [5.74, 6) is 0. The summed E-state index contributed by atoms with van der Waals surface area (Å²) >= 11 is 5.74. The normalized spacial score (nSPS) is 10.8. The monoisotopic (exact) mass is 294 g/mol. The Morgan fingerprint density at radius 3 is 2.60 bits per heavy atom. The van der Waals surface area contributed by atoms with Crippen molar-refractivity contribution >= 4 is 17.3 Å². The molecular formula is C13H15ClN4O2. The van der Waals surface area contributed by atoms with Crippen LogP contribution in [0.5, 0.6) is 0 Å². The maximum atomic E-state index is 11.2. The SMILES string of the molecule is CCc1nn(Cc2ccc(Cl)nc2)c(CC)c1[N+](=O)[O-]. The van der Waals surface area contributed by atoms with E-state index in [9.17, 15) is 10.1 Å². The highest BCUT2D eigenvalue weighted by molar-refractivity contribution is 6.29. The molecule has 0 aliphatic carbocycles. The summed E-state index contributed by atoms with van der Waals surface area (Å²) in [6.07, 6.45) is 2.75. The zero-order chi connectivity index (χ0) is 14.7. The number of hydrogen-bond acceptors (Lipinski definition) is 4. The zero-order valence-electron chi connectivity index (χ0n) is 11.3. The van der Waals surface area contributed by atoms with Crippen molar-refractivity contribution in [2.24, 2.45) is 0 Å². The van der Waals surface area contributed by atoms with E-state index in [1.165, 1.54) is 0 Å². The minimum atomic E-state index is -0.346. The van der Waals surface area contributed by atoms with Gasteiger partial charge in [-0.2, -0.15) is 5.10 Å². The van der Waals surface area contributed by atoms with Gasteiger partial charge in [-0.3, -0.25) is 14.8 Å². The molecule has 2 aromatic heterocycles. The summed E-state index contributed by atoms with van der Waals surface area (Å²) in [6, 6.07) is 3.54. The lowest BCUT2D eigenvalue weighted by molar-refractivity contribution is -0.386. The maximum absolute atomic E-state index is 11.2. The largest absolute Gasteiger partial charge is 0.313 e. The van der Waals surface area contributed by atoms with Gasteiger partial charge in [0.25, 0.3) is 0 Å². The summed E-state index contributed by atoms with van der Waals surface area (Å²) in [6.45, 7) is 4.21. The van der Waals surface area contributed by atoms with Gasteiger partial charge in [0.2, 0.25) is 0 Å². The first kappa shape index (κ1) is 14.5. The Labute approximate surface area is 121 Å². The predicted molar refractivity (Wildman–Crippen MR) is 76.0 cm³/mol. The van der Waals surface area contributed by atoms with Crippen LogP contribution in [0, 0.1) is 10.1 Å². The van der Waals surface area contributed by atoms with Gasteiger partial charge in [0, 0.05) is 6.20 Å². The number of rotatable bonds is 5. The van der Waals surface area contributed by atoms with Gasteiger partial charge in [-0.1, -0.05) is 31.5 Å². The average molecular weight is 295 g/mol. The van der Waals surface area contributed by atoms with Crippen molar-refractivity contribution in [1.29, 1.82) is 0 Å². The van der Waals surface area contributed by atoms with E-state index in [4.69, 9.17) is 11.6 Å². The van der Waals surface area contributed by atoms with Crippen molar-refractivity contribution in [2.75, 3.05) is 0 Å². The third-order valence-electron chi connectivity index (χ3n) is 3.07. The van der Waals surface area contributed by atoms with E-state index in [1.54, 1.807) is 16.9 Å². The van der Waals surface area contributed by atoms with E-state index >= 15 is 0 Å². The first-order valence-electron chi connectivity index (χ1n) is 6.40. The topological polar surface area (TPSA) is 73.8 Å². The van der Waals surface area contributed by atoms with E-state index in [-0.39, 0.29) is 10.6 Å². The molecule has 0 atom stereocenters. The fourth-order valence-corrected chi connectivity index (χ4v) is 2.26. The van der Waals surface area contributed by atoms with Gasteiger partial charge in [-0.25, -0.2) is 4.98 Å². The van der Waals surface area contributed by atoms with Gasteiger partial charge >= 0.3 is 5.69 Å². The second-order valence-electron chi connectivity index (χ2n) is 4.35. The van der Waals surface area contributed by atoms with Crippen LogP contribution in [0.25, 0.3) is 0 Å². The molecule has 0 saturated carbocycles. The standard InChI is InChI=1S/C13H15ClN4O2/c1-3-10-13(18(19)20)11(4-2)17(16-10)8-9-5-6-12(14)15-7-9/h5-7H,3-4,8H2,1-2H3. The van der Waals surface area contributed by atoms with Gasteiger partial charge in [-0.05, 0) is 24.5 Å². The van der Waals surface area contributed by atoms with E-state index in [0.29, 0.717) is 35.9 Å². The Morgan fingerprint density at radius 2 is 2.10 bits per heavy atom. The molecule has 20 heavy (non-hydrogen) atoms. The number of hydrogen-bond donors (Lipinski definition) is 0. The number of aryl methyl sites for hydroxylation is 1. The van der Waals surface area contributed by atoms with Crippen LogP contribution in [0.3, 0.4) is 0 Å². The highest BCUT2D eigenvalue weighted by Gasteiger charge is 2.25. The lowest BCUT2D eigenvalue weighted by atomic mass is 10.2. The molecule has 2 aromatic rings. The fourth-order valence-electron chi connectivity index (χ4n) is 2.14. The molecule has 0 saturated heterocycles. The zero-order valence-corrected chi connectivity index (χ0v) is 12.1. The average Bonchev–Trinajstić information content (AvgIpc) is 2.79. The lowest BCUT2D eigenvalue weighted by Crippen LogP contribution is -2.07. The predicted octanol–water partition coefficient (Wildman–Crippen LogP) is 3.01. The van der Waals surface area contributed by atoms with E-state index < -0.39 is 0 Å². The summed E-state index contributed by atoms with van der Waals surface area (Å²) in [5.41, 5.74) is 2.21. The molecule has 0 radical (unpaired) electrons. The smallest absolute Gasteiger partial charge is 0.258 e. The fraction of sp³-hybridized carbons (Fsp3) is 0.385. The van der Waals surface area contributed by atoms with Crippen LogP contribution in [-0.2, 0) is 19.4 Å². The molecule has 7 heteroatoms. The minimum absolute atomic E-state index is 0.136. The highest BCUT2D eigenvalue weighted by Crippen LogP contribution is 2.25. The molecule has 0 aliphatic rings. The van der Waals surface area contributed by atoms with Crippen LogP contribution in [0.2, 0.25) is 5.15 Å². The van der Waals surface area contributed by atoms with Crippen LogP contribution < -0.4 is 0 Å². The number of nitrogens with zero attached hydrogens (tertiary/aromatic N) is 4. The second-order valence-corrected chi connectivity index (χ2v) is 4.74. The summed E-state index contributed by atoms with van der Waals surface area (Å²) < 4.78 is 1.68. The first-order chi connectivity index (χ1) is 9.56. The van der Waals surface area contributed by atoms with Crippen LogP contribution in [0.4, 0.5) is 5.69 Å². The summed E-state index contributed by atoms with van der Waals surface area (Å²) in [7, 11) is 0. The minimum Gasteiger partial charge on any atom is -0.258 e.